The lowest BCUT2D eigenvalue weighted by Crippen LogP contribution is -2.15. The summed E-state index contributed by atoms with van der Waals surface area (Å²) in [5.41, 5.74) is 1.63. The Hall–Kier alpha value is -3.17. The van der Waals surface area contributed by atoms with E-state index < -0.39 is 0 Å². The van der Waals surface area contributed by atoms with Crippen LogP contribution in [0.2, 0.25) is 0 Å². The van der Waals surface area contributed by atoms with Crippen LogP contribution in [0.1, 0.15) is 28.0 Å². The lowest BCUT2D eigenvalue weighted by Gasteiger charge is -2.12. The summed E-state index contributed by atoms with van der Waals surface area (Å²) in [4.78, 5) is 31.2. The zero-order valence-corrected chi connectivity index (χ0v) is 18.6. The van der Waals surface area contributed by atoms with Crippen LogP contribution in [0.5, 0.6) is 5.75 Å². The number of nitrogens with zero attached hydrogens (tertiary/aromatic N) is 3. The number of benzene rings is 2. The van der Waals surface area contributed by atoms with Crippen LogP contribution in [0.3, 0.4) is 0 Å². The molecule has 0 spiro atoms. The summed E-state index contributed by atoms with van der Waals surface area (Å²) in [6, 6.07) is 16.1. The number of nitrogens with one attached hydrogen (secondary N) is 1. The zero-order valence-electron chi connectivity index (χ0n) is 17.0. The van der Waals surface area contributed by atoms with Crippen molar-refractivity contribution in [2.75, 3.05) is 12.4 Å². The molecule has 0 fully saturated rings. The van der Waals surface area contributed by atoms with Crippen molar-refractivity contribution >= 4 is 39.7 Å². The van der Waals surface area contributed by atoms with Crippen molar-refractivity contribution in [2.24, 2.45) is 0 Å². The van der Waals surface area contributed by atoms with E-state index in [0.717, 1.165) is 16.3 Å². The van der Waals surface area contributed by atoms with E-state index in [2.05, 4.69) is 15.4 Å². The van der Waals surface area contributed by atoms with Gasteiger partial charge in [0.1, 0.15) is 10.8 Å². The van der Waals surface area contributed by atoms with Crippen LogP contribution in [-0.4, -0.2) is 27.6 Å². The molecule has 0 unspecified atom stereocenters. The highest BCUT2D eigenvalue weighted by atomic mass is 32.2. The van der Waals surface area contributed by atoms with Gasteiger partial charge < -0.3 is 10.1 Å². The Morgan fingerprint density at radius 1 is 1.19 bits per heavy atom. The normalized spacial score (nSPS) is 10.9. The fourth-order valence-electron chi connectivity index (χ4n) is 2.98. The maximum atomic E-state index is 12.8. The number of ether oxygens (including phenoxy) is 1. The molecule has 4 rings (SSSR count). The average Bonchev–Trinajstić information content (AvgIpc) is 3.22. The second kappa shape index (κ2) is 9.32. The summed E-state index contributed by atoms with van der Waals surface area (Å²) in [7, 11) is 1.54. The molecule has 0 aliphatic rings. The quantitative estimate of drug-likeness (QED) is 0.422. The molecule has 31 heavy (non-hydrogen) atoms. The van der Waals surface area contributed by atoms with E-state index in [9.17, 15) is 9.59 Å². The Kier molecular flexibility index (Phi) is 6.34. The molecule has 4 aromatic rings. The van der Waals surface area contributed by atoms with Gasteiger partial charge in [-0.1, -0.05) is 42.5 Å². The van der Waals surface area contributed by atoms with Gasteiger partial charge in [-0.15, -0.1) is 11.8 Å². The van der Waals surface area contributed by atoms with Gasteiger partial charge >= 0.3 is 0 Å². The van der Waals surface area contributed by atoms with Gasteiger partial charge in [-0.25, -0.2) is 4.98 Å². The third-order valence-electron chi connectivity index (χ3n) is 4.50. The first-order valence-electron chi connectivity index (χ1n) is 9.64. The fraction of sp³-hybridized carbons (Fsp3) is 0.182. The van der Waals surface area contributed by atoms with E-state index in [0.29, 0.717) is 33.4 Å². The molecule has 7 nitrogen and oxygen atoms in total. The molecule has 0 atom stereocenters. The number of aromatic nitrogens is 3. The molecule has 2 aromatic heterocycles. The molecule has 0 saturated heterocycles. The maximum Gasteiger partial charge on any atom is 0.275 e. The summed E-state index contributed by atoms with van der Waals surface area (Å²) >= 11 is 2.93. The van der Waals surface area contributed by atoms with Crippen molar-refractivity contribution in [3.8, 4) is 5.75 Å². The number of para-hydroxylation sites is 2. The Balaban J connectivity index is 1.53. The molecule has 0 bridgehead atoms. The van der Waals surface area contributed by atoms with Crippen LogP contribution in [0.15, 0.2) is 64.3 Å². The van der Waals surface area contributed by atoms with Crippen molar-refractivity contribution in [1.29, 1.82) is 0 Å². The van der Waals surface area contributed by atoms with Crippen molar-refractivity contribution in [1.82, 2.24) is 14.6 Å². The molecular weight excluding hydrogens is 432 g/mol. The van der Waals surface area contributed by atoms with Crippen molar-refractivity contribution in [3.05, 3.63) is 81.2 Å². The zero-order chi connectivity index (χ0) is 21.8. The monoisotopic (exact) mass is 452 g/mol. The van der Waals surface area contributed by atoms with Gasteiger partial charge in [0.25, 0.3) is 11.5 Å². The summed E-state index contributed by atoms with van der Waals surface area (Å²) in [5.74, 6) is 0.756. The number of hydrogen-bond acceptors (Lipinski definition) is 7. The first-order valence-corrected chi connectivity index (χ1v) is 11.4. The number of fused-ring (bicyclic) bond motifs is 1. The van der Waals surface area contributed by atoms with Crippen molar-refractivity contribution in [3.63, 3.8) is 0 Å². The summed E-state index contributed by atoms with van der Waals surface area (Å²) in [6.07, 6.45) is 0.761. The Morgan fingerprint density at radius 2 is 1.97 bits per heavy atom. The van der Waals surface area contributed by atoms with Gasteiger partial charge in [0, 0.05) is 16.7 Å². The number of aryl methyl sites for hydroxylation is 1. The lowest BCUT2D eigenvalue weighted by molar-refractivity contribution is 0.102. The highest BCUT2D eigenvalue weighted by molar-refractivity contribution is 7.98. The van der Waals surface area contributed by atoms with Crippen LogP contribution in [0.25, 0.3) is 4.96 Å². The van der Waals surface area contributed by atoms with Gasteiger partial charge in [-0.05, 0) is 30.7 Å². The lowest BCUT2D eigenvalue weighted by atomic mass is 10.2. The predicted octanol–water partition coefficient (Wildman–Crippen LogP) is 4.27. The highest BCUT2D eigenvalue weighted by Gasteiger charge is 2.14. The van der Waals surface area contributed by atoms with Crippen LogP contribution < -0.4 is 15.6 Å². The van der Waals surface area contributed by atoms with Crippen molar-refractivity contribution in [2.45, 2.75) is 24.0 Å². The Bertz CT molecular complexity index is 1300. The number of amides is 1. The van der Waals surface area contributed by atoms with E-state index in [1.165, 1.54) is 40.8 Å². The number of rotatable bonds is 7. The van der Waals surface area contributed by atoms with Gasteiger partial charge in [0.2, 0.25) is 4.96 Å². The summed E-state index contributed by atoms with van der Waals surface area (Å²) in [6.45, 7) is 2.00. The summed E-state index contributed by atoms with van der Waals surface area (Å²) < 4.78 is 6.63. The molecule has 0 aliphatic heterocycles. The van der Waals surface area contributed by atoms with Gasteiger partial charge in [-0.2, -0.15) is 9.61 Å². The molecule has 158 valence electrons. The van der Waals surface area contributed by atoms with Gasteiger partial charge in [-0.3, -0.25) is 9.59 Å². The van der Waals surface area contributed by atoms with E-state index >= 15 is 0 Å². The molecule has 0 aliphatic carbocycles. The van der Waals surface area contributed by atoms with Crippen LogP contribution in [0.4, 0.5) is 5.69 Å². The van der Waals surface area contributed by atoms with Crippen LogP contribution >= 0.6 is 23.1 Å². The molecule has 2 heterocycles. The number of anilines is 1. The number of hydrogen-bond donors (Lipinski definition) is 1. The largest absolute Gasteiger partial charge is 0.496 e. The first kappa shape index (κ1) is 21.1. The number of methoxy groups -OCH3 is 1. The molecule has 1 N–H and O–H groups in total. The van der Waals surface area contributed by atoms with E-state index in [1.54, 1.807) is 18.2 Å². The van der Waals surface area contributed by atoms with E-state index in [1.807, 2.05) is 37.3 Å². The average molecular weight is 453 g/mol. The fourth-order valence-corrected chi connectivity index (χ4v) is 4.74. The maximum absolute atomic E-state index is 12.8. The molecule has 9 heteroatoms. The Morgan fingerprint density at radius 3 is 2.77 bits per heavy atom. The van der Waals surface area contributed by atoms with Gasteiger partial charge in [0.15, 0.2) is 0 Å². The second-order valence-corrected chi connectivity index (χ2v) is 8.63. The van der Waals surface area contributed by atoms with Crippen LogP contribution in [-0.2, 0) is 12.2 Å². The third kappa shape index (κ3) is 4.62. The molecule has 0 radical (unpaired) electrons. The van der Waals surface area contributed by atoms with Gasteiger partial charge in [0.05, 0.1) is 24.1 Å². The smallest absolute Gasteiger partial charge is 0.275 e. The minimum absolute atomic E-state index is 0.186. The predicted molar refractivity (Wildman–Crippen MR) is 123 cm³/mol. The summed E-state index contributed by atoms with van der Waals surface area (Å²) in [5, 5.41) is 8.11. The number of carbonyl (C=O) groups excluding carboxylic acids is 1. The molecule has 1 amide bonds. The number of thioether (sulfide) groups is 1. The minimum Gasteiger partial charge on any atom is -0.496 e. The minimum atomic E-state index is -0.250. The van der Waals surface area contributed by atoms with Crippen LogP contribution in [0, 0.1) is 0 Å². The molecular formula is C22H20N4O3S2. The standard InChI is InChI=1S/C22H20N4O3S2/c1-3-19-25-26-20(27)12-14(23-22(26)31-19)13-30-18-11-7-5-9-16(18)24-21(28)15-8-4-6-10-17(15)29-2/h4-12H,3,13H2,1-2H3,(H,24,28). The first-order chi connectivity index (χ1) is 15.1. The third-order valence-corrected chi connectivity index (χ3v) is 6.66. The van der Waals surface area contributed by atoms with E-state index in [4.69, 9.17) is 4.74 Å². The molecule has 2 aromatic carbocycles. The highest BCUT2D eigenvalue weighted by Crippen LogP contribution is 2.30. The second-order valence-electron chi connectivity index (χ2n) is 6.57. The SMILES string of the molecule is CCc1nn2c(=O)cc(CSc3ccccc3NC(=O)c3ccccc3OC)nc2s1. The van der Waals surface area contributed by atoms with Crippen molar-refractivity contribution < 1.29 is 9.53 Å². The molecule has 0 saturated carbocycles. The number of carbonyl (C=O) groups is 1. The van der Waals surface area contributed by atoms with E-state index in [-0.39, 0.29) is 11.5 Å². The topological polar surface area (TPSA) is 85.6 Å². The Labute approximate surface area is 187 Å².